The van der Waals surface area contributed by atoms with Crippen LogP contribution in [0.3, 0.4) is 0 Å². The smallest absolute Gasteiger partial charge is 0.462 e. The molecule has 0 fully saturated rings. The SMILES string of the molecule is CCC(=O)OCC(COP(=O)(O)OCCCC(=O)CCCC(=O)CCCCCCCOC)OC(=O)CC.COCC(CO)CCCCN.COCCCCCCN. The number of Topliss-reactive ketones (excluding diaryl/α,β-unsaturated/α-hetero) is 2. The molecular weight excluding hydrogens is 763 g/mol. The van der Waals surface area contributed by atoms with Gasteiger partial charge in [0.05, 0.1) is 19.8 Å². The standard InChI is InChI=1S/C25H45O11P.C8H19NO2.C7H17NO/c1-4-24(28)33-19-23(36-25(29)5-2)20-35-37(30,31)34-18-12-16-22(27)15-11-14-21(26)13-9-7-6-8-10-17-32-3;1-11-7-8(6-10)4-2-3-5-9;1-9-7-5-3-2-4-6-8/h23H,4-20H2,1-3H3,(H,30,31);8,10H,2-7,9H2,1H3;2-8H2,1H3. The van der Waals surface area contributed by atoms with E-state index < -0.39 is 32.5 Å². The lowest BCUT2D eigenvalue weighted by Crippen LogP contribution is -2.29. The molecule has 3 unspecified atom stereocenters. The van der Waals surface area contributed by atoms with Crippen molar-refractivity contribution >= 4 is 31.3 Å². The number of ketones is 2. The van der Waals surface area contributed by atoms with Crippen molar-refractivity contribution < 1.29 is 66.5 Å². The number of hydrogen-bond donors (Lipinski definition) is 4. The van der Waals surface area contributed by atoms with E-state index in [1.54, 1.807) is 35.2 Å². The zero-order valence-corrected chi connectivity index (χ0v) is 37.0. The fraction of sp³-hybridized carbons (Fsp3) is 0.900. The third kappa shape index (κ3) is 46.7. The number of nitrogens with two attached hydrogens (primary N) is 2. The lowest BCUT2D eigenvalue weighted by molar-refractivity contribution is -0.160. The van der Waals surface area contributed by atoms with Crippen LogP contribution in [0.2, 0.25) is 0 Å². The molecule has 0 spiro atoms. The van der Waals surface area contributed by atoms with E-state index in [-0.39, 0.29) is 63.5 Å². The molecule has 0 aliphatic rings. The number of ether oxygens (including phenoxy) is 5. The maximum absolute atomic E-state index is 12.1. The van der Waals surface area contributed by atoms with Crippen molar-refractivity contribution in [2.45, 2.75) is 148 Å². The Hall–Kier alpha value is -1.85. The third-order valence-electron chi connectivity index (χ3n) is 8.33. The molecule has 57 heavy (non-hydrogen) atoms. The average molecular weight is 845 g/mol. The molecule has 0 radical (unpaired) electrons. The van der Waals surface area contributed by atoms with Gasteiger partial charge >= 0.3 is 19.8 Å². The Labute approximate surface area is 343 Å². The van der Waals surface area contributed by atoms with E-state index in [0.29, 0.717) is 31.8 Å². The number of carbonyl (C=O) groups excluding carboxylic acids is 4. The summed E-state index contributed by atoms with van der Waals surface area (Å²) in [5.74, 6) is -0.680. The molecule has 0 aromatic rings. The van der Waals surface area contributed by atoms with Crippen LogP contribution in [0.5, 0.6) is 0 Å². The minimum Gasteiger partial charge on any atom is -0.462 e. The van der Waals surface area contributed by atoms with Gasteiger partial charge in [-0.05, 0) is 64.5 Å². The molecule has 0 amide bonds. The zero-order valence-electron chi connectivity index (χ0n) is 36.1. The van der Waals surface area contributed by atoms with Gasteiger partial charge in [-0.25, -0.2) is 4.57 Å². The molecule has 0 aromatic carbocycles. The summed E-state index contributed by atoms with van der Waals surface area (Å²) in [5, 5.41) is 8.85. The van der Waals surface area contributed by atoms with Crippen molar-refractivity contribution in [2.75, 3.05) is 80.7 Å². The first-order valence-electron chi connectivity index (χ1n) is 20.9. The number of phosphoric acid groups is 1. The van der Waals surface area contributed by atoms with Crippen LogP contribution < -0.4 is 11.5 Å². The van der Waals surface area contributed by atoms with Crippen molar-refractivity contribution in [3.63, 3.8) is 0 Å². The summed E-state index contributed by atoms with van der Waals surface area (Å²) in [6.45, 7) is 6.27. The van der Waals surface area contributed by atoms with Crippen molar-refractivity contribution in [3.8, 4) is 0 Å². The van der Waals surface area contributed by atoms with Gasteiger partial charge in [0.15, 0.2) is 6.10 Å². The molecule has 0 rings (SSSR count). The maximum Gasteiger partial charge on any atom is 0.472 e. The molecule has 0 bridgehead atoms. The topological polar surface area (TPSA) is 242 Å². The van der Waals surface area contributed by atoms with Crippen molar-refractivity contribution in [1.82, 2.24) is 0 Å². The van der Waals surface area contributed by atoms with Crippen LogP contribution in [0, 0.1) is 5.92 Å². The monoisotopic (exact) mass is 845 g/mol. The van der Waals surface area contributed by atoms with Crippen LogP contribution in [0.4, 0.5) is 0 Å². The molecule has 16 nitrogen and oxygen atoms in total. The van der Waals surface area contributed by atoms with Gasteiger partial charge in [-0.2, -0.15) is 0 Å². The zero-order chi connectivity index (χ0) is 43.4. The first kappa shape index (κ1) is 59.5. The summed E-state index contributed by atoms with van der Waals surface area (Å²) in [4.78, 5) is 56.6. The summed E-state index contributed by atoms with van der Waals surface area (Å²) < 4.78 is 46.6. The summed E-state index contributed by atoms with van der Waals surface area (Å²) in [7, 11) is 0.620. The lowest BCUT2D eigenvalue weighted by Gasteiger charge is -2.19. The first-order chi connectivity index (χ1) is 27.4. The van der Waals surface area contributed by atoms with E-state index in [2.05, 4.69) is 0 Å². The van der Waals surface area contributed by atoms with Crippen LogP contribution in [-0.4, -0.2) is 120 Å². The van der Waals surface area contributed by atoms with Gasteiger partial charge in [-0.1, -0.05) is 52.4 Å². The Morgan fingerprint density at radius 2 is 1.09 bits per heavy atom. The molecule has 0 saturated heterocycles. The van der Waals surface area contributed by atoms with Gasteiger partial charge in [-0.15, -0.1) is 0 Å². The Balaban J connectivity index is -0.00000118. The number of carbonyl (C=O) groups is 4. The summed E-state index contributed by atoms with van der Waals surface area (Å²) in [6.07, 6.45) is 14.3. The molecule has 0 aliphatic heterocycles. The van der Waals surface area contributed by atoms with Crippen LogP contribution in [0.1, 0.15) is 142 Å². The lowest BCUT2D eigenvalue weighted by atomic mass is 10.0. The fourth-order valence-corrected chi connectivity index (χ4v) is 5.74. The van der Waals surface area contributed by atoms with E-state index in [0.717, 1.165) is 84.1 Å². The second kappa shape index (κ2) is 45.2. The Kier molecular flexibility index (Phi) is 47.2. The quantitative estimate of drug-likeness (QED) is 0.0317. The highest BCUT2D eigenvalue weighted by molar-refractivity contribution is 7.47. The number of rotatable bonds is 38. The van der Waals surface area contributed by atoms with Crippen molar-refractivity contribution in [1.29, 1.82) is 0 Å². The van der Waals surface area contributed by atoms with E-state index in [1.165, 1.54) is 19.3 Å². The van der Waals surface area contributed by atoms with Crippen molar-refractivity contribution in [2.24, 2.45) is 17.4 Å². The van der Waals surface area contributed by atoms with Crippen LogP contribution in [0.25, 0.3) is 0 Å². The van der Waals surface area contributed by atoms with Crippen LogP contribution in [0.15, 0.2) is 0 Å². The van der Waals surface area contributed by atoms with Gasteiger partial charge < -0.3 is 45.2 Å². The van der Waals surface area contributed by atoms with E-state index >= 15 is 0 Å². The van der Waals surface area contributed by atoms with Gasteiger partial charge in [0.1, 0.15) is 18.2 Å². The largest absolute Gasteiger partial charge is 0.472 e. The number of methoxy groups -OCH3 is 3. The highest BCUT2D eigenvalue weighted by Crippen LogP contribution is 2.43. The molecule has 0 heterocycles. The van der Waals surface area contributed by atoms with Gasteiger partial charge in [0.25, 0.3) is 0 Å². The predicted octanol–water partition coefficient (Wildman–Crippen LogP) is 5.99. The summed E-state index contributed by atoms with van der Waals surface area (Å²) in [6, 6.07) is 0. The third-order valence-corrected chi connectivity index (χ3v) is 9.31. The van der Waals surface area contributed by atoms with Crippen molar-refractivity contribution in [3.05, 3.63) is 0 Å². The highest BCUT2D eigenvalue weighted by atomic mass is 31.2. The van der Waals surface area contributed by atoms with Gasteiger partial charge in [0.2, 0.25) is 0 Å². The van der Waals surface area contributed by atoms with E-state index in [4.69, 9.17) is 49.3 Å². The van der Waals surface area contributed by atoms with E-state index in [9.17, 15) is 28.6 Å². The number of aliphatic hydroxyl groups is 1. The maximum atomic E-state index is 12.1. The molecular formula is C40H81N2O14P. The molecule has 0 aliphatic carbocycles. The average Bonchev–Trinajstić information content (AvgIpc) is 3.20. The van der Waals surface area contributed by atoms with Crippen LogP contribution in [-0.2, 0) is 56.5 Å². The number of unbranched alkanes of at least 4 members (excludes halogenated alkanes) is 8. The van der Waals surface area contributed by atoms with Crippen LogP contribution >= 0.6 is 7.82 Å². The number of hydrogen-bond acceptors (Lipinski definition) is 15. The Bertz CT molecular complexity index is 986. The number of phosphoric ester groups is 1. The Morgan fingerprint density at radius 1 is 0.579 bits per heavy atom. The van der Waals surface area contributed by atoms with Gasteiger partial charge in [-0.3, -0.25) is 28.2 Å². The normalized spacial score (nSPS) is 12.9. The minimum absolute atomic E-state index is 0.0486. The summed E-state index contributed by atoms with van der Waals surface area (Å²) >= 11 is 0. The predicted molar refractivity (Wildman–Crippen MR) is 221 cm³/mol. The molecule has 0 aromatic heterocycles. The number of esters is 2. The summed E-state index contributed by atoms with van der Waals surface area (Å²) in [5.41, 5.74) is 10.6. The first-order valence-corrected chi connectivity index (χ1v) is 22.4. The molecule has 6 N–H and O–H groups in total. The second-order valence-corrected chi connectivity index (χ2v) is 15.1. The van der Waals surface area contributed by atoms with E-state index in [1.807, 2.05) is 0 Å². The minimum atomic E-state index is -4.46. The molecule has 340 valence electrons. The van der Waals surface area contributed by atoms with Gasteiger partial charge in [0, 0.05) is 85.6 Å². The highest BCUT2D eigenvalue weighted by Gasteiger charge is 2.26. The molecule has 17 heteroatoms. The second-order valence-electron chi connectivity index (χ2n) is 13.6. The number of aliphatic hydroxyl groups excluding tert-OH is 1. The Morgan fingerprint density at radius 3 is 1.61 bits per heavy atom. The molecule has 3 atom stereocenters. The fourth-order valence-electron chi connectivity index (χ4n) is 4.95. The molecule has 0 saturated carbocycles.